The van der Waals surface area contributed by atoms with E-state index in [4.69, 9.17) is 14.5 Å². The molecule has 0 bridgehead atoms. The number of aromatic nitrogens is 2. The number of fused-ring (bicyclic) bond motifs is 2. The Bertz CT molecular complexity index is 1020. The van der Waals surface area contributed by atoms with Gasteiger partial charge in [-0.25, -0.2) is 4.98 Å². The summed E-state index contributed by atoms with van der Waals surface area (Å²) in [5.74, 6) is 2.61. The van der Waals surface area contributed by atoms with Crippen LogP contribution in [0.5, 0.6) is 5.75 Å². The van der Waals surface area contributed by atoms with E-state index < -0.39 is 0 Å². The number of anilines is 1. The van der Waals surface area contributed by atoms with Crippen molar-refractivity contribution in [1.82, 2.24) is 14.9 Å². The molecule has 6 rings (SSSR count). The van der Waals surface area contributed by atoms with Gasteiger partial charge >= 0.3 is 0 Å². The van der Waals surface area contributed by atoms with Gasteiger partial charge in [-0.05, 0) is 37.0 Å². The lowest BCUT2D eigenvalue weighted by atomic mass is 9.94. The summed E-state index contributed by atoms with van der Waals surface area (Å²) in [6.07, 6.45) is 4.47. The molecule has 1 aliphatic carbocycles. The Kier molecular flexibility index (Phi) is 4.20. The highest BCUT2D eigenvalue weighted by Gasteiger charge is 2.36. The molecule has 1 aromatic carbocycles. The van der Waals surface area contributed by atoms with E-state index in [1.54, 1.807) is 0 Å². The van der Waals surface area contributed by atoms with Crippen molar-refractivity contribution in [2.24, 2.45) is 0 Å². The van der Waals surface area contributed by atoms with Gasteiger partial charge in [0.1, 0.15) is 18.2 Å². The molecule has 2 fully saturated rings. The van der Waals surface area contributed by atoms with Crippen LogP contribution in [-0.2, 0) is 4.74 Å². The number of nitrogens with zero attached hydrogens (tertiary/aromatic N) is 2. The number of hydrogen-bond acceptors (Lipinski definition) is 5. The molecule has 3 aromatic rings. The highest BCUT2D eigenvalue weighted by atomic mass is 16.5. The fourth-order valence-electron chi connectivity index (χ4n) is 4.70. The van der Waals surface area contributed by atoms with Gasteiger partial charge < -0.3 is 19.8 Å². The lowest BCUT2D eigenvalue weighted by Gasteiger charge is -2.42. The van der Waals surface area contributed by atoms with E-state index in [0.29, 0.717) is 12.5 Å². The zero-order valence-corrected chi connectivity index (χ0v) is 16.4. The monoisotopic (exact) mass is 390 g/mol. The summed E-state index contributed by atoms with van der Waals surface area (Å²) in [6, 6.07) is 13.1. The minimum Gasteiger partial charge on any atom is -0.491 e. The molecular formula is C23H26N4O2. The van der Waals surface area contributed by atoms with Crippen LogP contribution in [0.3, 0.4) is 0 Å². The molecule has 0 spiro atoms. The first-order valence-corrected chi connectivity index (χ1v) is 10.6. The SMILES string of the molecule is c1ccc2c(c1)OCC(N1CCOCC1)C2Nc1nccc2[nH]c(C3CC3)cc12. The van der Waals surface area contributed by atoms with E-state index in [9.17, 15) is 0 Å². The van der Waals surface area contributed by atoms with Crippen molar-refractivity contribution in [3.05, 3.63) is 53.9 Å². The van der Waals surface area contributed by atoms with Crippen LogP contribution in [0.25, 0.3) is 10.9 Å². The van der Waals surface area contributed by atoms with E-state index in [-0.39, 0.29) is 12.1 Å². The molecule has 2 aromatic heterocycles. The van der Waals surface area contributed by atoms with Gasteiger partial charge in [0.25, 0.3) is 0 Å². The summed E-state index contributed by atoms with van der Waals surface area (Å²) in [4.78, 5) is 10.8. The topological polar surface area (TPSA) is 62.4 Å². The predicted octanol–water partition coefficient (Wildman–Crippen LogP) is 3.69. The third-order valence-corrected chi connectivity index (χ3v) is 6.44. The third kappa shape index (κ3) is 3.16. The van der Waals surface area contributed by atoms with Crippen molar-refractivity contribution < 1.29 is 9.47 Å². The van der Waals surface area contributed by atoms with Gasteiger partial charge in [-0.2, -0.15) is 0 Å². The molecule has 0 radical (unpaired) electrons. The standard InChI is InChI=1S/C23H26N4O2/c1-2-4-21-16(3-1)22(20(14-29-21)27-9-11-28-12-10-27)26-23-17-13-19(15-5-6-15)25-18(17)7-8-24-23/h1-4,7-8,13,15,20,22,25H,5-6,9-12,14H2,(H,24,26). The van der Waals surface area contributed by atoms with Crippen LogP contribution in [0.1, 0.15) is 36.1 Å². The molecule has 2 N–H and O–H groups in total. The second-order valence-corrected chi connectivity index (χ2v) is 8.31. The Labute approximate surface area is 170 Å². The van der Waals surface area contributed by atoms with Crippen LogP contribution < -0.4 is 10.1 Å². The molecule has 150 valence electrons. The zero-order valence-electron chi connectivity index (χ0n) is 16.4. The first-order valence-electron chi connectivity index (χ1n) is 10.6. The quantitative estimate of drug-likeness (QED) is 0.711. The van der Waals surface area contributed by atoms with Crippen molar-refractivity contribution in [2.75, 3.05) is 38.2 Å². The number of pyridine rings is 1. The molecule has 4 heterocycles. The summed E-state index contributed by atoms with van der Waals surface area (Å²) in [5, 5.41) is 4.99. The van der Waals surface area contributed by atoms with Crippen LogP contribution in [0.2, 0.25) is 0 Å². The Hall–Kier alpha value is -2.57. The Morgan fingerprint density at radius 3 is 2.83 bits per heavy atom. The summed E-state index contributed by atoms with van der Waals surface area (Å²) in [5.41, 5.74) is 3.70. The smallest absolute Gasteiger partial charge is 0.135 e. The number of ether oxygens (including phenoxy) is 2. The predicted molar refractivity (Wildman–Crippen MR) is 113 cm³/mol. The molecular weight excluding hydrogens is 364 g/mol. The molecule has 2 unspecified atom stereocenters. The summed E-state index contributed by atoms with van der Waals surface area (Å²) < 4.78 is 11.7. The van der Waals surface area contributed by atoms with Gasteiger partial charge in [-0.1, -0.05) is 18.2 Å². The number of morpholine rings is 1. The molecule has 6 nitrogen and oxygen atoms in total. The van der Waals surface area contributed by atoms with Crippen molar-refractivity contribution >= 4 is 16.7 Å². The van der Waals surface area contributed by atoms with Crippen molar-refractivity contribution in [2.45, 2.75) is 30.8 Å². The van der Waals surface area contributed by atoms with Crippen LogP contribution in [0, 0.1) is 0 Å². The molecule has 1 saturated heterocycles. The summed E-state index contributed by atoms with van der Waals surface area (Å²) in [6.45, 7) is 4.09. The number of nitrogens with one attached hydrogen (secondary N) is 2. The van der Waals surface area contributed by atoms with Crippen LogP contribution >= 0.6 is 0 Å². The number of aromatic amines is 1. The van der Waals surface area contributed by atoms with Crippen molar-refractivity contribution in [1.29, 1.82) is 0 Å². The van der Waals surface area contributed by atoms with Gasteiger partial charge in [0, 0.05) is 35.9 Å². The maximum absolute atomic E-state index is 6.14. The fraction of sp³-hybridized carbons (Fsp3) is 0.435. The minimum atomic E-state index is 0.121. The van der Waals surface area contributed by atoms with Gasteiger partial charge in [0.2, 0.25) is 0 Å². The second-order valence-electron chi connectivity index (χ2n) is 8.31. The number of hydrogen-bond donors (Lipinski definition) is 2. The average Bonchev–Trinajstić information content (AvgIpc) is 3.53. The summed E-state index contributed by atoms with van der Waals surface area (Å²) >= 11 is 0. The molecule has 0 amide bonds. The van der Waals surface area contributed by atoms with Gasteiger partial charge in [0.15, 0.2) is 0 Å². The molecule has 29 heavy (non-hydrogen) atoms. The second kappa shape index (κ2) is 7.04. The first kappa shape index (κ1) is 17.3. The highest BCUT2D eigenvalue weighted by Crippen LogP contribution is 2.42. The maximum atomic E-state index is 6.14. The van der Waals surface area contributed by atoms with Crippen LogP contribution in [-0.4, -0.2) is 53.8 Å². The van der Waals surface area contributed by atoms with E-state index in [0.717, 1.165) is 43.4 Å². The van der Waals surface area contributed by atoms with E-state index in [2.05, 4.69) is 45.5 Å². The normalized spacial score (nSPS) is 24.8. The maximum Gasteiger partial charge on any atom is 0.135 e. The van der Waals surface area contributed by atoms with Gasteiger partial charge in [-0.15, -0.1) is 0 Å². The van der Waals surface area contributed by atoms with Crippen molar-refractivity contribution in [3.63, 3.8) is 0 Å². The molecule has 1 saturated carbocycles. The largest absolute Gasteiger partial charge is 0.491 e. The lowest BCUT2D eigenvalue weighted by Crippen LogP contribution is -2.52. The molecule has 6 heteroatoms. The highest BCUT2D eigenvalue weighted by molar-refractivity contribution is 5.90. The zero-order chi connectivity index (χ0) is 19.2. The van der Waals surface area contributed by atoms with Gasteiger partial charge in [-0.3, -0.25) is 4.90 Å². The minimum absolute atomic E-state index is 0.121. The number of H-pyrrole nitrogens is 1. The third-order valence-electron chi connectivity index (χ3n) is 6.44. The first-order chi connectivity index (χ1) is 14.4. The van der Waals surface area contributed by atoms with E-state index in [1.807, 2.05) is 12.3 Å². The number of para-hydroxylation sites is 1. The Balaban J connectivity index is 1.38. The van der Waals surface area contributed by atoms with Crippen molar-refractivity contribution in [3.8, 4) is 5.75 Å². The Morgan fingerprint density at radius 2 is 1.97 bits per heavy atom. The number of benzene rings is 1. The average molecular weight is 390 g/mol. The van der Waals surface area contributed by atoms with Crippen LogP contribution in [0.4, 0.5) is 5.82 Å². The fourth-order valence-corrected chi connectivity index (χ4v) is 4.70. The Morgan fingerprint density at radius 1 is 1.10 bits per heavy atom. The molecule has 3 aliphatic rings. The lowest BCUT2D eigenvalue weighted by molar-refractivity contribution is -0.00341. The number of rotatable bonds is 4. The summed E-state index contributed by atoms with van der Waals surface area (Å²) in [7, 11) is 0. The van der Waals surface area contributed by atoms with E-state index in [1.165, 1.54) is 29.5 Å². The van der Waals surface area contributed by atoms with Crippen LogP contribution in [0.15, 0.2) is 42.6 Å². The van der Waals surface area contributed by atoms with E-state index >= 15 is 0 Å². The van der Waals surface area contributed by atoms with Gasteiger partial charge in [0.05, 0.1) is 30.8 Å². The molecule has 2 atom stereocenters. The molecule has 2 aliphatic heterocycles.